The number of hydrogen-bond acceptors (Lipinski definition) is 6. The third-order valence-electron chi connectivity index (χ3n) is 4.53. The maximum absolute atomic E-state index is 13.0. The molecule has 3 aromatic rings. The van der Waals surface area contributed by atoms with E-state index in [1.54, 1.807) is 42.5 Å². The molecule has 0 fully saturated rings. The molecule has 1 amide bonds. The lowest BCUT2D eigenvalue weighted by atomic mass is 10.1. The van der Waals surface area contributed by atoms with Crippen LogP contribution in [-0.4, -0.2) is 53.8 Å². The zero-order valence-electron chi connectivity index (χ0n) is 14.6. The van der Waals surface area contributed by atoms with E-state index in [-0.39, 0.29) is 11.6 Å². The van der Waals surface area contributed by atoms with Gasteiger partial charge in [0.2, 0.25) is 0 Å². The highest BCUT2D eigenvalue weighted by atomic mass is 35.5. The number of fused-ring (bicyclic) bond motifs is 2. The fourth-order valence-electron chi connectivity index (χ4n) is 3.28. The number of benzene rings is 1. The van der Waals surface area contributed by atoms with E-state index in [0.29, 0.717) is 34.2 Å². The van der Waals surface area contributed by atoms with Gasteiger partial charge in [-0.2, -0.15) is 5.10 Å². The highest BCUT2D eigenvalue weighted by molar-refractivity contribution is 7.90. The Kier molecular flexibility index (Phi) is 4.08. The Hall–Kier alpha value is -2.65. The lowest BCUT2D eigenvalue weighted by Gasteiger charge is -2.38. The highest BCUT2D eigenvalue weighted by Gasteiger charge is 2.30. The van der Waals surface area contributed by atoms with Gasteiger partial charge in [0.05, 0.1) is 21.8 Å². The number of anilines is 1. The summed E-state index contributed by atoms with van der Waals surface area (Å²) in [5.74, 6) is -0.297. The molecule has 0 atom stereocenters. The van der Waals surface area contributed by atoms with Crippen molar-refractivity contribution in [3.63, 3.8) is 0 Å². The number of carbonyl (C=O) groups is 1. The van der Waals surface area contributed by atoms with Crippen molar-refractivity contribution >= 4 is 38.7 Å². The lowest BCUT2D eigenvalue weighted by Crippen LogP contribution is -2.49. The van der Waals surface area contributed by atoms with Gasteiger partial charge in [-0.05, 0) is 24.1 Å². The Balaban J connectivity index is 1.71. The first-order valence-corrected chi connectivity index (χ1v) is 10.4. The van der Waals surface area contributed by atoms with Crippen LogP contribution in [0.3, 0.4) is 0 Å². The van der Waals surface area contributed by atoms with Gasteiger partial charge >= 0.3 is 0 Å². The number of hydrazine groups is 1. The molecule has 140 valence electrons. The molecule has 0 bridgehead atoms. The molecule has 27 heavy (non-hydrogen) atoms. The fraction of sp³-hybridized carbons (Fsp3) is 0.235. The lowest BCUT2D eigenvalue weighted by molar-refractivity contribution is 0.0731. The number of nitrogens with zero attached hydrogens (tertiary/aromatic N) is 5. The van der Waals surface area contributed by atoms with Crippen LogP contribution in [0.2, 0.25) is 5.02 Å². The third kappa shape index (κ3) is 3.02. The van der Waals surface area contributed by atoms with Crippen LogP contribution < -0.4 is 5.01 Å². The van der Waals surface area contributed by atoms with Crippen molar-refractivity contribution < 1.29 is 13.2 Å². The van der Waals surface area contributed by atoms with Crippen LogP contribution in [0.1, 0.15) is 16.1 Å². The molecule has 2 aromatic heterocycles. The fourth-order valence-corrected chi connectivity index (χ4v) is 4.40. The number of carbonyl (C=O) groups excluding carboxylic acids is 1. The minimum absolute atomic E-state index is 0.235. The van der Waals surface area contributed by atoms with Crippen LogP contribution >= 0.6 is 11.6 Å². The molecule has 0 unspecified atom stereocenters. The molecule has 1 aliphatic rings. The predicted molar refractivity (Wildman–Crippen MR) is 101 cm³/mol. The minimum Gasteiger partial charge on any atom is -0.285 e. The number of aromatic nitrogens is 3. The first-order valence-electron chi connectivity index (χ1n) is 8.14. The van der Waals surface area contributed by atoms with E-state index in [2.05, 4.69) is 10.1 Å². The molecule has 3 heterocycles. The van der Waals surface area contributed by atoms with E-state index in [1.165, 1.54) is 22.0 Å². The number of hydrogen-bond donors (Lipinski definition) is 0. The zero-order chi connectivity index (χ0) is 19.3. The predicted octanol–water partition coefficient (Wildman–Crippen LogP) is 1.84. The number of halogens is 1. The van der Waals surface area contributed by atoms with E-state index >= 15 is 0 Å². The summed E-state index contributed by atoms with van der Waals surface area (Å²) in [6.45, 7) is 0.344. The Morgan fingerprint density at radius 3 is 2.81 bits per heavy atom. The average molecular weight is 406 g/mol. The molecule has 1 aliphatic heterocycles. The average Bonchev–Trinajstić information content (AvgIpc) is 3.03. The van der Waals surface area contributed by atoms with Crippen LogP contribution in [-0.2, 0) is 16.3 Å². The summed E-state index contributed by atoms with van der Waals surface area (Å²) in [5, 5.41) is 7.88. The molecular formula is C17H16ClN5O3S. The summed E-state index contributed by atoms with van der Waals surface area (Å²) in [6.07, 6.45) is 4.69. The number of sulfone groups is 1. The Morgan fingerprint density at radius 2 is 2.07 bits per heavy atom. The van der Waals surface area contributed by atoms with Crippen molar-refractivity contribution in [3.8, 4) is 0 Å². The van der Waals surface area contributed by atoms with Crippen molar-refractivity contribution in [2.45, 2.75) is 11.3 Å². The second kappa shape index (κ2) is 6.21. The van der Waals surface area contributed by atoms with Gasteiger partial charge in [0.25, 0.3) is 5.91 Å². The van der Waals surface area contributed by atoms with Crippen LogP contribution in [0.4, 0.5) is 5.69 Å². The van der Waals surface area contributed by atoms with Crippen LogP contribution in [0.15, 0.2) is 41.6 Å². The first-order chi connectivity index (χ1) is 12.8. The molecule has 0 aliphatic carbocycles. The summed E-state index contributed by atoms with van der Waals surface area (Å²) in [5.41, 5.74) is 2.15. The van der Waals surface area contributed by atoms with E-state index in [0.717, 1.165) is 5.56 Å². The van der Waals surface area contributed by atoms with E-state index in [9.17, 15) is 13.2 Å². The summed E-state index contributed by atoms with van der Waals surface area (Å²) < 4.78 is 25.5. The molecule has 1 aromatic carbocycles. The molecular weight excluding hydrogens is 390 g/mol. The summed E-state index contributed by atoms with van der Waals surface area (Å²) in [6, 6.07) is 6.66. The summed E-state index contributed by atoms with van der Waals surface area (Å²) >= 11 is 5.91. The van der Waals surface area contributed by atoms with Crippen LogP contribution in [0.5, 0.6) is 0 Å². The van der Waals surface area contributed by atoms with Gasteiger partial charge in [0, 0.05) is 32.1 Å². The number of amides is 1. The minimum atomic E-state index is -3.35. The van der Waals surface area contributed by atoms with Crippen molar-refractivity contribution in [1.29, 1.82) is 0 Å². The highest BCUT2D eigenvalue weighted by Crippen LogP contribution is 2.32. The smallest absolute Gasteiger partial charge is 0.285 e. The maximum Gasteiger partial charge on any atom is 0.292 e. The zero-order valence-corrected chi connectivity index (χ0v) is 16.2. The molecule has 4 rings (SSSR count). The van der Waals surface area contributed by atoms with Gasteiger partial charge in [-0.1, -0.05) is 17.7 Å². The van der Waals surface area contributed by atoms with E-state index in [1.807, 2.05) is 0 Å². The largest absolute Gasteiger partial charge is 0.292 e. The third-order valence-corrected chi connectivity index (χ3v) is 5.90. The normalized spacial score (nSPS) is 14.5. The quantitative estimate of drug-likeness (QED) is 0.646. The van der Waals surface area contributed by atoms with Gasteiger partial charge in [-0.15, -0.1) is 0 Å². The standard InChI is InChI=1S/C17H16ClN5O3S/c1-21-14-4-3-5-15(27(2,25)26)12(14)6-7-23(21)17(24)13-8-16-19-9-11(18)10-22(16)20-13/h3-5,8-10H,6-7H2,1-2H3. The molecule has 0 N–H and O–H groups in total. The maximum atomic E-state index is 13.0. The molecule has 10 heteroatoms. The van der Waals surface area contributed by atoms with Crippen LogP contribution in [0.25, 0.3) is 5.65 Å². The van der Waals surface area contributed by atoms with Gasteiger partial charge in [-0.3, -0.25) is 9.80 Å². The van der Waals surface area contributed by atoms with Gasteiger partial charge in [-0.25, -0.2) is 22.9 Å². The molecule has 0 radical (unpaired) electrons. The monoisotopic (exact) mass is 405 g/mol. The molecule has 0 saturated heterocycles. The number of rotatable bonds is 2. The molecule has 0 spiro atoms. The van der Waals surface area contributed by atoms with Gasteiger partial charge in [0.1, 0.15) is 0 Å². The molecule has 8 nitrogen and oxygen atoms in total. The summed E-state index contributed by atoms with van der Waals surface area (Å²) in [4.78, 5) is 17.4. The van der Waals surface area contributed by atoms with E-state index in [4.69, 9.17) is 11.6 Å². The first kappa shape index (κ1) is 17.7. The van der Waals surface area contributed by atoms with Crippen molar-refractivity contribution in [2.75, 3.05) is 24.9 Å². The Morgan fingerprint density at radius 1 is 1.30 bits per heavy atom. The SMILES string of the molecule is CN1c2cccc(S(C)(=O)=O)c2CCN1C(=O)c1cc2ncc(Cl)cn2n1. The van der Waals surface area contributed by atoms with E-state index < -0.39 is 9.84 Å². The van der Waals surface area contributed by atoms with Crippen molar-refractivity contribution in [3.05, 3.63) is 52.9 Å². The van der Waals surface area contributed by atoms with Gasteiger partial charge in [0.15, 0.2) is 21.2 Å². The Bertz CT molecular complexity index is 1170. The topological polar surface area (TPSA) is 87.9 Å². The van der Waals surface area contributed by atoms with Crippen LogP contribution in [0, 0.1) is 0 Å². The second-order valence-corrected chi connectivity index (χ2v) is 8.75. The molecule has 0 saturated carbocycles. The second-order valence-electron chi connectivity index (χ2n) is 6.33. The van der Waals surface area contributed by atoms with Gasteiger partial charge < -0.3 is 0 Å². The summed E-state index contributed by atoms with van der Waals surface area (Å²) in [7, 11) is -1.62. The van der Waals surface area contributed by atoms with Crippen molar-refractivity contribution in [1.82, 2.24) is 19.6 Å². The van der Waals surface area contributed by atoms with Crippen molar-refractivity contribution in [2.24, 2.45) is 0 Å². The Labute approximate surface area is 160 Å².